The normalized spacial score (nSPS) is 10.2. The Kier molecular flexibility index (Phi) is 5.11. The van der Waals surface area contributed by atoms with E-state index < -0.39 is 0 Å². The van der Waals surface area contributed by atoms with Gasteiger partial charge in [0.1, 0.15) is 0 Å². The molecule has 1 amide bonds. The molecule has 2 aromatic rings. The fourth-order valence-electron chi connectivity index (χ4n) is 1.79. The largest absolute Gasteiger partial charge is 0.462 e. The van der Waals surface area contributed by atoms with Gasteiger partial charge in [0.05, 0.1) is 17.0 Å². The van der Waals surface area contributed by atoms with Gasteiger partial charge in [-0.1, -0.05) is 6.92 Å². The zero-order valence-electron chi connectivity index (χ0n) is 12.0. The molecule has 0 saturated heterocycles. The minimum absolute atomic E-state index is 0.136. The minimum Gasteiger partial charge on any atom is -0.462 e. The lowest BCUT2D eigenvalue weighted by atomic mass is 10.2. The van der Waals surface area contributed by atoms with Gasteiger partial charge in [0, 0.05) is 10.6 Å². The summed E-state index contributed by atoms with van der Waals surface area (Å²) in [6.07, 6.45) is 0.923. The van der Waals surface area contributed by atoms with E-state index in [9.17, 15) is 9.59 Å². The molecule has 4 nitrogen and oxygen atoms in total. The molecule has 0 radical (unpaired) electrons. The lowest BCUT2D eigenvalue weighted by Gasteiger charge is -2.05. The molecular formula is C16H17NO3S. The lowest BCUT2D eigenvalue weighted by Crippen LogP contribution is -2.10. The monoisotopic (exact) mass is 303 g/mol. The Hall–Kier alpha value is -2.14. The van der Waals surface area contributed by atoms with Crippen molar-refractivity contribution < 1.29 is 14.3 Å². The third-order valence-corrected chi connectivity index (χ3v) is 4.12. The van der Waals surface area contributed by atoms with Gasteiger partial charge in [-0.3, -0.25) is 4.79 Å². The molecule has 2 rings (SSSR count). The number of rotatable bonds is 5. The van der Waals surface area contributed by atoms with Crippen LogP contribution >= 0.6 is 11.3 Å². The van der Waals surface area contributed by atoms with E-state index in [-0.39, 0.29) is 11.9 Å². The minimum atomic E-state index is -0.360. The molecule has 0 aliphatic heterocycles. The number of anilines is 1. The maximum absolute atomic E-state index is 12.1. The van der Waals surface area contributed by atoms with Gasteiger partial charge < -0.3 is 10.1 Å². The van der Waals surface area contributed by atoms with Crippen molar-refractivity contribution in [2.75, 3.05) is 11.9 Å². The molecule has 1 N–H and O–H groups in total. The van der Waals surface area contributed by atoms with E-state index in [0.29, 0.717) is 22.7 Å². The Morgan fingerprint density at radius 3 is 2.38 bits per heavy atom. The van der Waals surface area contributed by atoms with Gasteiger partial charge in [0.2, 0.25) is 0 Å². The second-order valence-electron chi connectivity index (χ2n) is 4.37. The maximum atomic E-state index is 12.1. The van der Waals surface area contributed by atoms with Crippen molar-refractivity contribution in [3.63, 3.8) is 0 Å². The highest BCUT2D eigenvalue weighted by atomic mass is 32.1. The van der Waals surface area contributed by atoms with Crippen molar-refractivity contribution in [2.45, 2.75) is 20.3 Å². The van der Waals surface area contributed by atoms with Gasteiger partial charge in [-0.15, -0.1) is 11.3 Å². The molecule has 0 aliphatic carbocycles. The van der Waals surface area contributed by atoms with Crippen LogP contribution in [0.1, 0.15) is 38.8 Å². The van der Waals surface area contributed by atoms with Crippen LogP contribution in [0.5, 0.6) is 0 Å². The van der Waals surface area contributed by atoms with E-state index in [4.69, 9.17) is 4.74 Å². The first-order valence-corrected chi connectivity index (χ1v) is 7.63. The third-order valence-electron chi connectivity index (χ3n) is 2.89. The Morgan fingerprint density at radius 2 is 1.81 bits per heavy atom. The van der Waals surface area contributed by atoms with E-state index >= 15 is 0 Å². The first-order chi connectivity index (χ1) is 10.1. The molecule has 0 atom stereocenters. The van der Waals surface area contributed by atoms with E-state index in [2.05, 4.69) is 12.2 Å². The number of amides is 1. The molecule has 5 heteroatoms. The summed E-state index contributed by atoms with van der Waals surface area (Å²) in [6.45, 7) is 4.16. The number of hydrogen-bond donors (Lipinski definition) is 1. The highest BCUT2D eigenvalue weighted by molar-refractivity contribution is 7.14. The summed E-state index contributed by atoms with van der Waals surface area (Å²) in [6, 6.07) is 10.4. The first-order valence-electron chi connectivity index (χ1n) is 6.81. The van der Waals surface area contributed by atoms with Crippen molar-refractivity contribution in [3.05, 3.63) is 51.7 Å². The summed E-state index contributed by atoms with van der Waals surface area (Å²) < 4.78 is 4.91. The van der Waals surface area contributed by atoms with Crippen molar-refractivity contribution in [1.82, 2.24) is 0 Å². The van der Waals surface area contributed by atoms with Crippen LogP contribution in [0.4, 0.5) is 5.69 Å². The molecule has 1 heterocycles. The first kappa shape index (κ1) is 15.3. The smallest absolute Gasteiger partial charge is 0.338 e. The number of aryl methyl sites for hydroxylation is 1. The van der Waals surface area contributed by atoms with Crippen LogP contribution in [-0.4, -0.2) is 18.5 Å². The molecule has 21 heavy (non-hydrogen) atoms. The summed E-state index contributed by atoms with van der Waals surface area (Å²) in [5, 5.41) is 2.81. The van der Waals surface area contributed by atoms with Gasteiger partial charge in [-0.2, -0.15) is 0 Å². The van der Waals surface area contributed by atoms with E-state index in [1.807, 2.05) is 12.1 Å². The van der Waals surface area contributed by atoms with Crippen LogP contribution in [0.25, 0.3) is 0 Å². The topological polar surface area (TPSA) is 55.4 Å². The molecule has 0 aliphatic rings. The SMILES string of the molecule is CCOC(=O)c1ccc(NC(=O)c2ccc(CC)s2)cc1. The fourth-order valence-corrected chi connectivity index (χ4v) is 2.63. The number of ether oxygens (including phenoxy) is 1. The summed E-state index contributed by atoms with van der Waals surface area (Å²) >= 11 is 1.49. The van der Waals surface area contributed by atoms with Crippen LogP contribution in [0.15, 0.2) is 36.4 Å². The maximum Gasteiger partial charge on any atom is 0.338 e. The number of thiophene rings is 1. The molecule has 0 fully saturated rings. The molecular weight excluding hydrogens is 286 g/mol. The number of hydrogen-bond acceptors (Lipinski definition) is 4. The highest BCUT2D eigenvalue weighted by Gasteiger charge is 2.10. The zero-order chi connectivity index (χ0) is 15.2. The van der Waals surface area contributed by atoms with Crippen LogP contribution in [0, 0.1) is 0 Å². The van der Waals surface area contributed by atoms with Gasteiger partial charge >= 0.3 is 5.97 Å². The van der Waals surface area contributed by atoms with Crippen molar-refractivity contribution in [3.8, 4) is 0 Å². The molecule has 1 aromatic carbocycles. The fraction of sp³-hybridized carbons (Fsp3) is 0.250. The summed E-state index contributed by atoms with van der Waals surface area (Å²) in [5.41, 5.74) is 1.12. The highest BCUT2D eigenvalue weighted by Crippen LogP contribution is 2.19. The van der Waals surface area contributed by atoms with E-state index in [0.717, 1.165) is 6.42 Å². The average molecular weight is 303 g/mol. The predicted molar refractivity (Wildman–Crippen MR) is 84.0 cm³/mol. The second kappa shape index (κ2) is 7.04. The quantitative estimate of drug-likeness (QED) is 0.856. The Morgan fingerprint density at radius 1 is 1.10 bits per heavy atom. The van der Waals surface area contributed by atoms with Crippen molar-refractivity contribution in [1.29, 1.82) is 0 Å². The predicted octanol–water partition coefficient (Wildman–Crippen LogP) is 3.74. The number of nitrogens with one attached hydrogen (secondary N) is 1. The van der Waals surface area contributed by atoms with Gasteiger partial charge in [-0.05, 0) is 49.7 Å². The van der Waals surface area contributed by atoms with Crippen LogP contribution in [-0.2, 0) is 11.2 Å². The van der Waals surface area contributed by atoms with E-state index in [1.54, 1.807) is 31.2 Å². The van der Waals surface area contributed by atoms with Crippen LogP contribution < -0.4 is 5.32 Å². The third kappa shape index (κ3) is 3.92. The average Bonchev–Trinajstić information content (AvgIpc) is 2.97. The van der Waals surface area contributed by atoms with Gasteiger partial charge in [0.25, 0.3) is 5.91 Å². The molecule has 0 spiro atoms. The van der Waals surface area contributed by atoms with Crippen molar-refractivity contribution >= 4 is 28.9 Å². The number of esters is 1. The second-order valence-corrected chi connectivity index (χ2v) is 5.54. The standard InChI is InChI=1S/C16H17NO3S/c1-3-13-9-10-14(21-13)15(18)17-12-7-5-11(6-8-12)16(19)20-4-2/h5-10H,3-4H2,1-2H3,(H,17,18). The molecule has 0 saturated carbocycles. The number of carbonyl (C=O) groups excluding carboxylic acids is 2. The lowest BCUT2D eigenvalue weighted by molar-refractivity contribution is 0.0526. The molecule has 0 bridgehead atoms. The van der Waals surface area contributed by atoms with Crippen molar-refractivity contribution in [2.24, 2.45) is 0 Å². The number of benzene rings is 1. The molecule has 1 aromatic heterocycles. The Balaban J connectivity index is 2.02. The zero-order valence-corrected chi connectivity index (χ0v) is 12.8. The van der Waals surface area contributed by atoms with Crippen LogP contribution in [0.2, 0.25) is 0 Å². The Labute approximate surface area is 127 Å². The summed E-state index contributed by atoms with van der Waals surface area (Å²) in [4.78, 5) is 25.5. The Bertz CT molecular complexity index is 631. The van der Waals surface area contributed by atoms with Gasteiger partial charge in [0.15, 0.2) is 0 Å². The summed E-state index contributed by atoms with van der Waals surface area (Å²) in [5.74, 6) is -0.496. The molecule has 110 valence electrons. The van der Waals surface area contributed by atoms with E-state index in [1.165, 1.54) is 16.2 Å². The molecule has 0 unspecified atom stereocenters. The number of carbonyl (C=O) groups is 2. The van der Waals surface area contributed by atoms with Gasteiger partial charge in [-0.25, -0.2) is 4.79 Å². The summed E-state index contributed by atoms with van der Waals surface area (Å²) in [7, 11) is 0. The van der Waals surface area contributed by atoms with Crippen LogP contribution in [0.3, 0.4) is 0 Å².